The van der Waals surface area contributed by atoms with Gasteiger partial charge in [0.2, 0.25) is 0 Å². The van der Waals surface area contributed by atoms with Gasteiger partial charge >= 0.3 is 5.47 Å². The Balaban J connectivity index is 3.79. The average Bonchev–Trinajstić information content (AvgIpc) is 1.65. The van der Waals surface area contributed by atoms with Crippen molar-refractivity contribution in [2.75, 3.05) is 13.1 Å². The van der Waals surface area contributed by atoms with E-state index in [0.717, 1.165) is 13.1 Å². The molecule has 0 saturated heterocycles. The largest absolute Gasteiger partial charge is 0.378 e. The van der Waals surface area contributed by atoms with E-state index in [4.69, 9.17) is 33.7 Å². The lowest BCUT2D eigenvalue weighted by atomic mass is 10.7. The highest BCUT2D eigenvalue weighted by atomic mass is 36.1. The fourth-order valence-corrected chi connectivity index (χ4v) is 3.11. The normalized spacial score (nSPS) is 12.7. The molecule has 0 atom stereocenters. The number of hydrogen-bond donors (Lipinski definition) is 0. The summed E-state index contributed by atoms with van der Waals surface area (Å²) in [4.78, 5) is 0. The van der Waals surface area contributed by atoms with Crippen molar-refractivity contribution in [3.63, 3.8) is 0 Å². The van der Waals surface area contributed by atoms with Gasteiger partial charge in [0.1, 0.15) is 0 Å². The Hall–Kier alpha value is 1.26. The molecule has 0 saturated carbocycles. The zero-order valence-electron chi connectivity index (χ0n) is 5.44. The van der Waals surface area contributed by atoms with Gasteiger partial charge in [0, 0.05) is 13.1 Å². The second-order valence-corrected chi connectivity index (χ2v) is 8.92. The third kappa shape index (κ3) is 3.85. The van der Waals surface area contributed by atoms with E-state index in [-0.39, 0.29) is 0 Å². The molecular weight excluding hydrogens is 199 g/mol. The quantitative estimate of drug-likeness (QED) is 0.640. The molecule has 0 aliphatic heterocycles. The molecule has 0 aromatic rings. The fourth-order valence-electron chi connectivity index (χ4n) is 0.544. The van der Waals surface area contributed by atoms with Crippen LogP contribution in [0, 0.1) is 0 Å². The van der Waals surface area contributed by atoms with Gasteiger partial charge in [-0.15, -0.1) is 4.67 Å². The molecule has 0 aromatic carbocycles. The fraction of sp³-hybridized carbons (Fsp3) is 1.00. The topological polar surface area (TPSA) is 3.24 Å². The van der Waals surface area contributed by atoms with Crippen molar-refractivity contribution in [3.8, 4) is 0 Å². The highest BCUT2D eigenvalue weighted by Gasteiger charge is 2.39. The first kappa shape index (κ1) is 10.3. The maximum Gasteiger partial charge on any atom is 0.378 e. The third-order valence-corrected chi connectivity index (χ3v) is 4.18. The van der Waals surface area contributed by atoms with E-state index < -0.39 is 5.47 Å². The first-order valence-corrected chi connectivity index (χ1v) is 7.21. The molecular formula is C4H10Cl3NP+. The Kier molecular flexibility index (Phi) is 4.79. The SMILES string of the molecule is CCN(CC)[P+](Cl)(Cl)Cl. The van der Waals surface area contributed by atoms with Crippen LogP contribution in [-0.4, -0.2) is 17.8 Å². The Morgan fingerprint density at radius 3 is 1.44 bits per heavy atom. The summed E-state index contributed by atoms with van der Waals surface area (Å²) in [6.07, 6.45) is 0. The third-order valence-electron chi connectivity index (χ3n) is 1.05. The number of hydrogen-bond acceptors (Lipinski definition) is 1. The predicted molar refractivity (Wildman–Crippen MR) is 47.4 cm³/mol. The van der Waals surface area contributed by atoms with Gasteiger partial charge in [0.25, 0.3) is 0 Å². The highest BCUT2D eigenvalue weighted by Crippen LogP contribution is 2.75. The van der Waals surface area contributed by atoms with E-state index in [1.165, 1.54) is 0 Å². The van der Waals surface area contributed by atoms with Crippen LogP contribution in [0.1, 0.15) is 13.8 Å². The Morgan fingerprint density at radius 2 is 1.44 bits per heavy atom. The molecule has 5 heteroatoms. The molecule has 0 spiro atoms. The first-order valence-electron chi connectivity index (χ1n) is 2.75. The van der Waals surface area contributed by atoms with Crippen LogP contribution in [0.15, 0.2) is 0 Å². The van der Waals surface area contributed by atoms with Crippen molar-refractivity contribution in [2.45, 2.75) is 13.8 Å². The standard InChI is InChI=1S/C4H10Cl3NP/c1-3-8(4-2)9(5,6)7/h3-4H2,1-2H3/q+1. The van der Waals surface area contributed by atoms with Crippen molar-refractivity contribution in [3.05, 3.63) is 0 Å². The summed E-state index contributed by atoms with van der Waals surface area (Å²) in [6.45, 7) is 5.57. The molecule has 0 heterocycles. The van der Waals surface area contributed by atoms with E-state index in [9.17, 15) is 0 Å². The van der Waals surface area contributed by atoms with E-state index in [0.29, 0.717) is 0 Å². The minimum Gasteiger partial charge on any atom is -0.135 e. The lowest BCUT2D eigenvalue weighted by Gasteiger charge is -2.14. The molecule has 0 radical (unpaired) electrons. The van der Waals surface area contributed by atoms with Gasteiger partial charge in [-0.1, -0.05) is 0 Å². The lowest BCUT2D eigenvalue weighted by molar-refractivity contribution is 0.516. The predicted octanol–water partition coefficient (Wildman–Crippen LogP) is 3.72. The molecule has 0 bridgehead atoms. The van der Waals surface area contributed by atoms with E-state index in [1.54, 1.807) is 0 Å². The summed E-state index contributed by atoms with van der Waals surface area (Å²) < 4.78 is 1.84. The maximum absolute atomic E-state index is 5.67. The summed E-state index contributed by atoms with van der Waals surface area (Å²) in [6, 6.07) is 0. The molecule has 0 fully saturated rings. The highest BCUT2D eigenvalue weighted by molar-refractivity contribution is 8.31. The summed E-state index contributed by atoms with van der Waals surface area (Å²) in [5, 5.41) is 0. The van der Waals surface area contributed by atoms with E-state index in [1.807, 2.05) is 18.5 Å². The molecule has 0 rings (SSSR count). The van der Waals surface area contributed by atoms with Gasteiger partial charge < -0.3 is 0 Å². The maximum atomic E-state index is 5.67. The summed E-state index contributed by atoms with van der Waals surface area (Å²) in [5.74, 6) is 0. The van der Waals surface area contributed by atoms with Crippen molar-refractivity contribution in [1.82, 2.24) is 4.67 Å². The number of nitrogens with zero attached hydrogens (tertiary/aromatic N) is 1. The first-order chi connectivity index (χ1) is 4.02. The van der Waals surface area contributed by atoms with Crippen LogP contribution in [0.4, 0.5) is 0 Å². The zero-order valence-corrected chi connectivity index (χ0v) is 8.60. The Labute approximate surface area is 71.0 Å². The lowest BCUT2D eigenvalue weighted by Crippen LogP contribution is -2.15. The van der Waals surface area contributed by atoms with Crippen LogP contribution in [0.3, 0.4) is 0 Å². The average molecular weight is 209 g/mol. The molecule has 56 valence electrons. The van der Waals surface area contributed by atoms with Crippen molar-refractivity contribution in [1.29, 1.82) is 0 Å². The van der Waals surface area contributed by atoms with E-state index in [2.05, 4.69) is 0 Å². The Bertz CT molecular complexity index is 78.4. The smallest absolute Gasteiger partial charge is 0.135 e. The molecule has 0 N–H and O–H groups in total. The van der Waals surface area contributed by atoms with Gasteiger partial charge in [-0.25, -0.2) is 0 Å². The Morgan fingerprint density at radius 1 is 1.11 bits per heavy atom. The molecule has 0 aromatic heterocycles. The van der Waals surface area contributed by atoms with Crippen LogP contribution >= 0.6 is 39.2 Å². The van der Waals surface area contributed by atoms with Crippen LogP contribution < -0.4 is 0 Å². The molecule has 1 nitrogen and oxygen atoms in total. The second-order valence-electron chi connectivity index (χ2n) is 1.56. The number of halogens is 3. The van der Waals surface area contributed by atoms with Crippen molar-refractivity contribution < 1.29 is 0 Å². The van der Waals surface area contributed by atoms with Crippen LogP contribution in [-0.2, 0) is 0 Å². The van der Waals surface area contributed by atoms with Gasteiger partial charge in [-0.05, 0) is 13.8 Å². The van der Waals surface area contributed by atoms with Gasteiger partial charge in [0.05, 0.1) is 0 Å². The summed E-state index contributed by atoms with van der Waals surface area (Å²) in [7, 11) is 0. The molecule has 0 aliphatic rings. The van der Waals surface area contributed by atoms with Crippen molar-refractivity contribution >= 4 is 39.2 Å². The molecule has 0 unspecified atom stereocenters. The van der Waals surface area contributed by atoms with Crippen LogP contribution in [0.25, 0.3) is 0 Å². The monoisotopic (exact) mass is 208 g/mol. The molecule has 0 amide bonds. The minimum atomic E-state index is -2.28. The van der Waals surface area contributed by atoms with Gasteiger partial charge in [-0.2, -0.15) is 0 Å². The second kappa shape index (κ2) is 4.20. The minimum absolute atomic E-state index is 0.806. The van der Waals surface area contributed by atoms with Crippen LogP contribution in [0.5, 0.6) is 0 Å². The summed E-state index contributed by atoms with van der Waals surface area (Å²) >= 11 is 17.0. The van der Waals surface area contributed by atoms with Gasteiger partial charge in [0.15, 0.2) is 33.7 Å². The summed E-state index contributed by atoms with van der Waals surface area (Å²) in [5.41, 5.74) is -2.28. The van der Waals surface area contributed by atoms with Crippen molar-refractivity contribution in [2.24, 2.45) is 0 Å². The molecule has 0 aliphatic carbocycles. The number of rotatable bonds is 3. The van der Waals surface area contributed by atoms with Gasteiger partial charge in [-0.3, -0.25) is 0 Å². The van der Waals surface area contributed by atoms with Crippen LogP contribution in [0.2, 0.25) is 0 Å². The molecule has 9 heavy (non-hydrogen) atoms. The zero-order chi connectivity index (χ0) is 7.49. The van der Waals surface area contributed by atoms with E-state index >= 15 is 0 Å².